The molecule has 0 saturated carbocycles. The second-order valence-corrected chi connectivity index (χ2v) is 4.31. The summed E-state index contributed by atoms with van der Waals surface area (Å²) in [5.41, 5.74) is 7.71. The monoisotopic (exact) mass is 250 g/mol. The van der Waals surface area contributed by atoms with Crippen LogP contribution < -0.4 is 5.73 Å². The molecule has 0 aliphatic rings. The molecule has 0 spiro atoms. The molecule has 0 radical (unpaired) electrons. The molecular weight excluding hydrogens is 228 g/mol. The number of hydrogen-bond donors (Lipinski definition) is 1. The lowest BCUT2D eigenvalue weighted by molar-refractivity contribution is -0.129. The van der Waals surface area contributed by atoms with Gasteiger partial charge in [-0.3, -0.25) is 4.79 Å². The molecule has 0 atom stereocenters. The number of amides is 1. The van der Waals surface area contributed by atoms with Crippen LogP contribution in [0.4, 0.5) is 0 Å². The first-order chi connectivity index (χ1) is 8.69. The van der Waals surface area contributed by atoms with Crippen LogP contribution in [0.3, 0.4) is 0 Å². The summed E-state index contributed by atoms with van der Waals surface area (Å²) >= 11 is 0. The lowest BCUT2D eigenvalue weighted by Crippen LogP contribution is -2.30. The van der Waals surface area contributed by atoms with Crippen molar-refractivity contribution in [2.75, 3.05) is 27.3 Å². The van der Waals surface area contributed by atoms with E-state index in [0.29, 0.717) is 19.6 Å². The van der Waals surface area contributed by atoms with Gasteiger partial charge in [-0.2, -0.15) is 0 Å². The van der Waals surface area contributed by atoms with Gasteiger partial charge >= 0.3 is 0 Å². The van der Waals surface area contributed by atoms with E-state index in [4.69, 9.17) is 10.5 Å². The van der Waals surface area contributed by atoms with Crippen LogP contribution in [0.5, 0.6) is 0 Å². The zero-order valence-electron chi connectivity index (χ0n) is 11.2. The van der Waals surface area contributed by atoms with Crippen LogP contribution in [0.25, 0.3) is 0 Å². The maximum absolute atomic E-state index is 12.0. The zero-order valence-corrected chi connectivity index (χ0v) is 11.2. The summed E-state index contributed by atoms with van der Waals surface area (Å²) in [5, 5.41) is 0. The van der Waals surface area contributed by atoms with E-state index >= 15 is 0 Å². The first-order valence-corrected chi connectivity index (χ1v) is 6.18. The van der Waals surface area contributed by atoms with Gasteiger partial charge in [0.25, 0.3) is 0 Å². The SMILES string of the molecule is COCCCN(C)C(=O)Cc1ccccc1CN. The van der Waals surface area contributed by atoms with Crippen molar-refractivity contribution < 1.29 is 9.53 Å². The molecule has 1 rings (SSSR count). The molecular formula is C14H22N2O2. The lowest BCUT2D eigenvalue weighted by atomic mass is 10.0. The number of rotatable bonds is 7. The Hall–Kier alpha value is -1.39. The molecule has 2 N–H and O–H groups in total. The number of nitrogens with zero attached hydrogens (tertiary/aromatic N) is 1. The molecule has 0 aliphatic heterocycles. The van der Waals surface area contributed by atoms with E-state index in [1.54, 1.807) is 12.0 Å². The molecule has 4 nitrogen and oxygen atoms in total. The summed E-state index contributed by atoms with van der Waals surface area (Å²) in [6.45, 7) is 1.87. The van der Waals surface area contributed by atoms with Crippen molar-refractivity contribution >= 4 is 5.91 Å². The Morgan fingerprint density at radius 2 is 2.00 bits per heavy atom. The third-order valence-electron chi connectivity index (χ3n) is 2.95. The van der Waals surface area contributed by atoms with Gasteiger partial charge in [0.1, 0.15) is 0 Å². The molecule has 0 fully saturated rings. The molecule has 0 heterocycles. The normalized spacial score (nSPS) is 10.4. The standard InChI is InChI=1S/C14H22N2O2/c1-16(8-5-9-18-2)14(17)10-12-6-3-4-7-13(12)11-15/h3-4,6-7H,5,8-11,15H2,1-2H3. The van der Waals surface area contributed by atoms with Gasteiger partial charge in [-0.15, -0.1) is 0 Å². The third-order valence-corrected chi connectivity index (χ3v) is 2.95. The molecule has 4 heteroatoms. The number of likely N-dealkylation sites (N-methyl/N-ethyl adjacent to an activating group) is 1. The van der Waals surface area contributed by atoms with Crippen LogP contribution in [0.15, 0.2) is 24.3 Å². The van der Waals surface area contributed by atoms with Crippen molar-refractivity contribution in [3.63, 3.8) is 0 Å². The number of benzene rings is 1. The van der Waals surface area contributed by atoms with Crippen LogP contribution in [0.1, 0.15) is 17.5 Å². The first-order valence-electron chi connectivity index (χ1n) is 6.18. The highest BCUT2D eigenvalue weighted by Gasteiger charge is 2.11. The molecule has 0 saturated heterocycles. The first kappa shape index (κ1) is 14.7. The fourth-order valence-electron chi connectivity index (χ4n) is 1.80. The summed E-state index contributed by atoms with van der Waals surface area (Å²) in [6, 6.07) is 7.81. The fourth-order valence-corrected chi connectivity index (χ4v) is 1.80. The van der Waals surface area contributed by atoms with E-state index in [2.05, 4.69) is 0 Å². The van der Waals surface area contributed by atoms with Crippen molar-refractivity contribution in [3.05, 3.63) is 35.4 Å². The van der Waals surface area contributed by atoms with E-state index in [9.17, 15) is 4.79 Å². The largest absolute Gasteiger partial charge is 0.385 e. The van der Waals surface area contributed by atoms with Crippen molar-refractivity contribution in [3.8, 4) is 0 Å². The maximum atomic E-state index is 12.0. The minimum absolute atomic E-state index is 0.118. The van der Waals surface area contributed by atoms with Crippen LogP contribution in [-0.2, 0) is 22.5 Å². The van der Waals surface area contributed by atoms with Crippen LogP contribution in [0, 0.1) is 0 Å². The number of carbonyl (C=O) groups is 1. The van der Waals surface area contributed by atoms with Gasteiger partial charge < -0.3 is 15.4 Å². The van der Waals surface area contributed by atoms with E-state index in [1.807, 2.05) is 31.3 Å². The summed E-state index contributed by atoms with van der Waals surface area (Å²) in [5.74, 6) is 0.118. The maximum Gasteiger partial charge on any atom is 0.226 e. The van der Waals surface area contributed by atoms with Gasteiger partial charge in [-0.25, -0.2) is 0 Å². The highest BCUT2D eigenvalue weighted by molar-refractivity contribution is 5.78. The van der Waals surface area contributed by atoms with Crippen LogP contribution >= 0.6 is 0 Å². The average Bonchev–Trinajstić information content (AvgIpc) is 2.39. The zero-order chi connectivity index (χ0) is 13.4. The Bertz CT molecular complexity index is 380. The molecule has 0 aromatic heterocycles. The van der Waals surface area contributed by atoms with Gasteiger partial charge in [0.2, 0.25) is 5.91 Å². The van der Waals surface area contributed by atoms with Gasteiger partial charge in [0.05, 0.1) is 6.42 Å². The second-order valence-electron chi connectivity index (χ2n) is 4.31. The highest BCUT2D eigenvalue weighted by Crippen LogP contribution is 2.10. The topological polar surface area (TPSA) is 55.6 Å². The van der Waals surface area contributed by atoms with Crippen molar-refractivity contribution in [2.24, 2.45) is 5.73 Å². The van der Waals surface area contributed by atoms with Crippen LogP contribution in [-0.4, -0.2) is 38.1 Å². The van der Waals surface area contributed by atoms with Gasteiger partial charge in [-0.05, 0) is 17.5 Å². The quantitative estimate of drug-likeness (QED) is 0.739. The van der Waals surface area contributed by atoms with Gasteiger partial charge in [0.15, 0.2) is 0 Å². The third kappa shape index (κ3) is 4.47. The fraction of sp³-hybridized carbons (Fsp3) is 0.500. The Morgan fingerprint density at radius 3 is 2.61 bits per heavy atom. The second kappa shape index (κ2) is 7.84. The number of carbonyl (C=O) groups excluding carboxylic acids is 1. The van der Waals surface area contributed by atoms with Gasteiger partial charge in [0, 0.05) is 33.9 Å². The lowest BCUT2D eigenvalue weighted by Gasteiger charge is -2.17. The number of hydrogen-bond acceptors (Lipinski definition) is 3. The summed E-state index contributed by atoms with van der Waals surface area (Å²) in [4.78, 5) is 13.8. The minimum atomic E-state index is 0.118. The van der Waals surface area contributed by atoms with E-state index < -0.39 is 0 Å². The minimum Gasteiger partial charge on any atom is -0.385 e. The number of ether oxygens (including phenoxy) is 1. The Morgan fingerprint density at radius 1 is 1.33 bits per heavy atom. The van der Waals surface area contributed by atoms with Crippen molar-refractivity contribution in [1.82, 2.24) is 4.90 Å². The Labute approximate surface area is 109 Å². The van der Waals surface area contributed by atoms with Crippen molar-refractivity contribution in [1.29, 1.82) is 0 Å². The smallest absolute Gasteiger partial charge is 0.226 e. The molecule has 0 aliphatic carbocycles. The predicted octanol–water partition coefficient (Wildman–Crippen LogP) is 1.18. The average molecular weight is 250 g/mol. The highest BCUT2D eigenvalue weighted by atomic mass is 16.5. The number of nitrogens with two attached hydrogens (primary N) is 1. The van der Waals surface area contributed by atoms with E-state index in [1.165, 1.54) is 0 Å². The Balaban J connectivity index is 2.53. The van der Waals surface area contributed by atoms with Gasteiger partial charge in [-0.1, -0.05) is 24.3 Å². The molecule has 18 heavy (non-hydrogen) atoms. The predicted molar refractivity (Wildman–Crippen MR) is 72.2 cm³/mol. The summed E-state index contributed by atoms with van der Waals surface area (Å²) < 4.78 is 4.97. The molecule has 0 bridgehead atoms. The molecule has 1 aromatic rings. The van der Waals surface area contributed by atoms with E-state index in [-0.39, 0.29) is 5.91 Å². The Kier molecular flexibility index (Phi) is 6.39. The number of methoxy groups -OCH3 is 1. The van der Waals surface area contributed by atoms with Crippen molar-refractivity contribution in [2.45, 2.75) is 19.4 Å². The molecule has 1 amide bonds. The molecule has 0 unspecified atom stereocenters. The summed E-state index contributed by atoms with van der Waals surface area (Å²) in [6.07, 6.45) is 1.27. The summed E-state index contributed by atoms with van der Waals surface area (Å²) in [7, 11) is 3.49. The molecule has 100 valence electrons. The molecule has 1 aromatic carbocycles. The van der Waals surface area contributed by atoms with Crippen LogP contribution in [0.2, 0.25) is 0 Å². The van der Waals surface area contributed by atoms with E-state index in [0.717, 1.165) is 24.1 Å².